The van der Waals surface area contributed by atoms with Gasteiger partial charge in [0, 0.05) is 0 Å². The van der Waals surface area contributed by atoms with Crippen LogP contribution in [0.4, 0.5) is 0 Å². The molecule has 1 saturated heterocycles. The van der Waals surface area contributed by atoms with Crippen LogP contribution in [0.3, 0.4) is 0 Å². The third-order valence-corrected chi connectivity index (χ3v) is 4.46. The van der Waals surface area contributed by atoms with Gasteiger partial charge in [0.2, 0.25) is 0 Å². The average molecular weight is 284 g/mol. The van der Waals surface area contributed by atoms with Crippen LogP contribution in [0.5, 0.6) is 0 Å². The van der Waals surface area contributed by atoms with Crippen molar-refractivity contribution in [1.29, 1.82) is 0 Å². The van der Waals surface area contributed by atoms with Gasteiger partial charge < -0.3 is 9.47 Å². The summed E-state index contributed by atoms with van der Waals surface area (Å²) in [6.45, 7) is 13.6. The monoisotopic (exact) mass is 284 g/mol. The SMILES string of the molecule is CCC(C)(C)C(=O)OC1(C(C)C)CC(=O)OC1C(C)C. The van der Waals surface area contributed by atoms with Crippen molar-refractivity contribution in [1.82, 2.24) is 0 Å². The van der Waals surface area contributed by atoms with E-state index in [-0.39, 0.29) is 36.3 Å². The molecule has 0 bridgehead atoms. The van der Waals surface area contributed by atoms with E-state index in [0.29, 0.717) is 6.42 Å². The number of cyclic esters (lactones) is 1. The minimum absolute atomic E-state index is 0.0259. The largest absolute Gasteiger partial charge is 0.458 e. The maximum Gasteiger partial charge on any atom is 0.312 e. The number of esters is 2. The lowest BCUT2D eigenvalue weighted by Crippen LogP contribution is -2.51. The van der Waals surface area contributed by atoms with Gasteiger partial charge in [-0.05, 0) is 32.1 Å². The van der Waals surface area contributed by atoms with E-state index in [1.165, 1.54) is 0 Å². The number of carbonyl (C=O) groups is 2. The van der Waals surface area contributed by atoms with Crippen molar-refractivity contribution in [2.24, 2.45) is 17.3 Å². The number of hydrogen-bond acceptors (Lipinski definition) is 4. The molecule has 0 amide bonds. The summed E-state index contributed by atoms with van der Waals surface area (Å²) >= 11 is 0. The second-order valence-corrected chi connectivity index (χ2v) is 7.07. The summed E-state index contributed by atoms with van der Waals surface area (Å²) in [5, 5.41) is 0. The van der Waals surface area contributed by atoms with Crippen molar-refractivity contribution in [3.8, 4) is 0 Å². The van der Waals surface area contributed by atoms with Crippen LogP contribution >= 0.6 is 0 Å². The molecule has 1 fully saturated rings. The molecule has 0 aromatic heterocycles. The topological polar surface area (TPSA) is 52.6 Å². The zero-order valence-corrected chi connectivity index (χ0v) is 13.8. The van der Waals surface area contributed by atoms with Crippen LogP contribution in [-0.4, -0.2) is 23.6 Å². The van der Waals surface area contributed by atoms with Gasteiger partial charge in [-0.15, -0.1) is 0 Å². The lowest BCUT2D eigenvalue weighted by Gasteiger charge is -2.39. The van der Waals surface area contributed by atoms with Gasteiger partial charge in [0.05, 0.1) is 11.8 Å². The summed E-state index contributed by atoms with van der Waals surface area (Å²) in [6, 6.07) is 0. The van der Waals surface area contributed by atoms with Crippen molar-refractivity contribution in [2.45, 2.75) is 73.0 Å². The highest BCUT2D eigenvalue weighted by Crippen LogP contribution is 2.42. The Bertz CT molecular complexity index is 384. The van der Waals surface area contributed by atoms with Gasteiger partial charge in [-0.3, -0.25) is 9.59 Å². The van der Waals surface area contributed by atoms with E-state index in [2.05, 4.69) is 0 Å². The number of rotatable bonds is 5. The lowest BCUT2D eigenvalue weighted by molar-refractivity contribution is -0.187. The van der Waals surface area contributed by atoms with Crippen molar-refractivity contribution in [2.75, 3.05) is 0 Å². The Hall–Kier alpha value is -1.06. The van der Waals surface area contributed by atoms with Crippen LogP contribution in [0, 0.1) is 17.3 Å². The number of hydrogen-bond donors (Lipinski definition) is 0. The van der Waals surface area contributed by atoms with Crippen LogP contribution in [0.1, 0.15) is 61.3 Å². The fourth-order valence-electron chi connectivity index (χ4n) is 2.51. The molecule has 0 aliphatic carbocycles. The molecule has 0 radical (unpaired) electrons. The van der Waals surface area contributed by atoms with Gasteiger partial charge >= 0.3 is 11.9 Å². The Balaban J connectivity index is 3.10. The molecule has 0 N–H and O–H groups in total. The van der Waals surface area contributed by atoms with Crippen LogP contribution < -0.4 is 0 Å². The second-order valence-electron chi connectivity index (χ2n) is 7.07. The van der Waals surface area contributed by atoms with Gasteiger partial charge in [-0.1, -0.05) is 34.6 Å². The molecule has 20 heavy (non-hydrogen) atoms. The summed E-state index contributed by atoms with van der Waals surface area (Å²) < 4.78 is 11.3. The zero-order valence-electron chi connectivity index (χ0n) is 13.8. The van der Waals surface area contributed by atoms with E-state index in [1.54, 1.807) is 0 Å². The third kappa shape index (κ3) is 2.99. The highest BCUT2D eigenvalue weighted by atomic mass is 16.6. The molecule has 0 aromatic rings. The van der Waals surface area contributed by atoms with Crippen LogP contribution in [0.2, 0.25) is 0 Å². The van der Waals surface area contributed by atoms with E-state index >= 15 is 0 Å². The van der Waals surface area contributed by atoms with Gasteiger partial charge in [0.25, 0.3) is 0 Å². The number of ether oxygens (including phenoxy) is 2. The molecule has 4 nitrogen and oxygen atoms in total. The maximum absolute atomic E-state index is 12.4. The summed E-state index contributed by atoms with van der Waals surface area (Å²) in [5.74, 6) is -0.392. The Labute approximate surface area is 122 Å². The van der Waals surface area contributed by atoms with E-state index in [0.717, 1.165) is 0 Å². The van der Waals surface area contributed by atoms with Crippen LogP contribution in [-0.2, 0) is 19.1 Å². The lowest BCUT2D eigenvalue weighted by atomic mass is 9.78. The molecule has 0 aromatic carbocycles. The minimum atomic E-state index is -0.839. The first-order valence-electron chi connectivity index (χ1n) is 7.49. The predicted octanol–water partition coefficient (Wildman–Crippen LogP) is 3.33. The van der Waals surface area contributed by atoms with E-state index in [4.69, 9.17) is 9.47 Å². The third-order valence-electron chi connectivity index (χ3n) is 4.46. The second kappa shape index (κ2) is 5.74. The molecule has 1 rings (SSSR count). The molecular formula is C16H28O4. The average Bonchev–Trinajstić information content (AvgIpc) is 2.67. The van der Waals surface area contributed by atoms with Gasteiger partial charge in [0.15, 0.2) is 5.60 Å². The summed E-state index contributed by atoms with van der Waals surface area (Å²) in [6.07, 6.45) is 0.479. The molecule has 1 aliphatic rings. The zero-order chi connectivity index (χ0) is 15.7. The van der Waals surface area contributed by atoms with Gasteiger partial charge in [-0.25, -0.2) is 0 Å². The molecule has 4 heteroatoms. The summed E-state index contributed by atoms with van der Waals surface area (Å²) in [7, 11) is 0. The first-order valence-corrected chi connectivity index (χ1v) is 7.49. The standard InChI is InChI=1S/C16H28O4/c1-8-15(6,7)14(18)20-16(11(4)5)9-12(17)19-13(16)10(2)3/h10-11,13H,8-9H2,1-7H3. The molecule has 0 saturated carbocycles. The minimum Gasteiger partial charge on any atom is -0.458 e. The fourth-order valence-corrected chi connectivity index (χ4v) is 2.51. The first-order chi connectivity index (χ1) is 9.06. The predicted molar refractivity (Wildman–Crippen MR) is 77.1 cm³/mol. The Morgan fingerprint density at radius 3 is 2.35 bits per heavy atom. The number of carbonyl (C=O) groups excluding carboxylic acids is 2. The van der Waals surface area contributed by atoms with Crippen LogP contribution in [0.25, 0.3) is 0 Å². The van der Waals surface area contributed by atoms with E-state index in [1.807, 2.05) is 48.5 Å². The van der Waals surface area contributed by atoms with Crippen LogP contribution in [0.15, 0.2) is 0 Å². The Morgan fingerprint density at radius 1 is 1.40 bits per heavy atom. The molecule has 0 spiro atoms. The molecule has 1 heterocycles. The first kappa shape index (κ1) is 17.0. The van der Waals surface area contributed by atoms with Gasteiger partial charge in [0.1, 0.15) is 6.10 Å². The molecule has 2 atom stereocenters. The van der Waals surface area contributed by atoms with E-state index in [9.17, 15) is 9.59 Å². The summed E-state index contributed by atoms with van der Waals surface area (Å²) in [4.78, 5) is 24.2. The maximum atomic E-state index is 12.4. The Morgan fingerprint density at radius 2 is 1.95 bits per heavy atom. The molecule has 1 aliphatic heterocycles. The Kier molecular flexibility index (Phi) is 4.88. The van der Waals surface area contributed by atoms with Gasteiger partial charge in [-0.2, -0.15) is 0 Å². The molecular weight excluding hydrogens is 256 g/mol. The van der Waals surface area contributed by atoms with Crippen molar-refractivity contribution in [3.63, 3.8) is 0 Å². The smallest absolute Gasteiger partial charge is 0.312 e. The quantitative estimate of drug-likeness (QED) is 0.727. The highest BCUT2D eigenvalue weighted by molar-refractivity contribution is 5.79. The molecule has 116 valence electrons. The fraction of sp³-hybridized carbons (Fsp3) is 0.875. The van der Waals surface area contributed by atoms with E-state index < -0.39 is 11.0 Å². The summed E-state index contributed by atoms with van der Waals surface area (Å²) in [5.41, 5.74) is -1.39. The highest BCUT2D eigenvalue weighted by Gasteiger charge is 2.56. The molecule has 2 unspecified atom stereocenters. The van der Waals surface area contributed by atoms with Crippen molar-refractivity contribution < 1.29 is 19.1 Å². The normalized spacial score (nSPS) is 27.1. The van der Waals surface area contributed by atoms with Crippen molar-refractivity contribution in [3.05, 3.63) is 0 Å². The van der Waals surface area contributed by atoms with Crippen molar-refractivity contribution >= 4 is 11.9 Å².